The Morgan fingerprint density at radius 3 is 2.94 bits per heavy atom. The molecule has 0 saturated carbocycles. The molecule has 2 rings (SSSR count). The summed E-state index contributed by atoms with van der Waals surface area (Å²) in [5.74, 6) is 1.60. The number of fused-ring (bicyclic) bond motifs is 1. The van der Waals surface area contributed by atoms with Gasteiger partial charge in [-0.15, -0.1) is 0 Å². The maximum atomic E-state index is 5.83. The van der Waals surface area contributed by atoms with Crippen LogP contribution in [0.1, 0.15) is 50.8 Å². The summed E-state index contributed by atoms with van der Waals surface area (Å²) in [5, 5.41) is 3.58. The fraction of sp³-hybridized carbons (Fsp3) is 0.625. The van der Waals surface area contributed by atoms with Gasteiger partial charge in [-0.25, -0.2) is 0 Å². The Morgan fingerprint density at radius 2 is 2.22 bits per heavy atom. The van der Waals surface area contributed by atoms with Crippen molar-refractivity contribution in [3.63, 3.8) is 0 Å². The molecule has 1 aromatic carbocycles. The molecular formula is C16H25NO. The number of aryl methyl sites for hydroxylation is 1. The molecule has 1 aliphatic rings. The first kappa shape index (κ1) is 13.4. The molecule has 2 heteroatoms. The van der Waals surface area contributed by atoms with Gasteiger partial charge in [0.15, 0.2) is 0 Å². The Labute approximate surface area is 111 Å². The van der Waals surface area contributed by atoms with Crippen LogP contribution in [0.2, 0.25) is 0 Å². The molecule has 1 atom stereocenters. The molecule has 1 aromatic rings. The second kappa shape index (κ2) is 6.24. The summed E-state index contributed by atoms with van der Waals surface area (Å²) in [4.78, 5) is 0. The fourth-order valence-corrected chi connectivity index (χ4v) is 2.59. The van der Waals surface area contributed by atoms with Gasteiger partial charge in [-0.2, -0.15) is 0 Å². The first-order valence-electron chi connectivity index (χ1n) is 7.19. The third-order valence-corrected chi connectivity index (χ3v) is 3.47. The van der Waals surface area contributed by atoms with Crippen LogP contribution >= 0.6 is 0 Å². The molecule has 0 spiro atoms. The van der Waals surface area contributed by atoms with E-state index in [0.717, 1.165) is 18.9 Å². The van der Waals surface area contributed by atoms with Gasteiger partial charge in [-0.1, -0.05) is 26.8 Å². The van der Waals surface area contributed by atoms with Crippen LogP contribution in [0.25, 0.3) is 0 Å². The smallest absolute Gasteiger partial charge is 0.119 e. The number of hydrogen-bond acceptors (Lipinski definition) is 2. The summed E-state index contributed by atoms with van der Waals surface area (Å²) >= 11 is 0. The molecule has 0 amide bonds. The molecule has 0 aromatic heterocycles. The van der Waals surface area contributed by atoms with Crippen LogP contribution in [0.15, 0.2) is 18.2 Å². The molecule has 1 aliphatic carbocycles. The average Bonchev–Trinajstić information content (AvgIpc) is 2.37. The highest BCUT2D eigenvalue weighted by molar-refractivity contribution is 5.39. The van der Waals surface area contributed by atoms with Crippen molar-refractivity contribution in [2.45, 2.75) is 46.1 Å². The van der Waals surface area contributed by atoms with Crippen LogP contribution in [-0.4, -0.2) is 13.2 Å². The van der Waals surface area contributed by atoms with Crippen molar-refractivity contribution >= 4 is 0 Å². The van der Waals surface area contributed by atoms with Crippen LogP contribution < -0.4 is 10.1 Å². The van der Waals surface area contributed by atoms with Gasteiger partial charge in [-0.3, -0.25) is 0 Å². The Balaban J connectivity index is 2.14. The molecule has 0 bridgehead atoms. The monoisotopic (exact) mass is 247 g/mol. The van der Waals surface area contributed by atoms with E-state index in [2.05, 4.69) is 44.3 Å². The predicted octanol–water partition coefficient (Wildman–Crippen LogP) is 3.71. The average molecular weight is 247 g/mol. The summed E-state index contributed by atoms with van der Waals surface area (Å²) in [6.45, 7) is 8.36. The topological polar surface area (TPSA) is 21.3 Å². The Hall–Kier alpha value is -1.02. The van der Waals surface area contributed by atoms with Gasteiger partial charge >= 0.3 is 0 Å². The van der Waals surface area contributed by atoms with Crippen LogP contribution in [0.4, 0.5) is 0 Å². The van der Waals surface area contributed by atoms with Gasteiger partial charge in [0.2, 0.25) is 0 Å². The molecule has 0 radical (unpaired) electrons. The highest BCUT2D eigenvalue weighted by atomic mass is 16.5. The molecule has 1 unspecified atom stereocenters. The van der Waals surface area contributed by atoms with Crippen LogP contribution in [0.3, 0.4) is 0 Å². The standard InChI is InChI=1S/C16H25NO/c1-4-17-16-7-5-6-13-8-9-14(10-15(13)16)18-11-12(2)3/h8-10,12,16-17H,4-7,11H2,1-3H3. The van der Waals surface area contributed by atoms with Crippen molar-refractivity contribution in [3.05, 3.63) is 29.3 Å². The second-order valence-corrected chi connectivity index (χ2v) is 5.57. The van der Waals surface area contributed by atoms with Crippen molar-refractivity contribution in [1.29, 1.82) is 0 Å². The Bertz CT molecular complexity index is 387. The molecule has 0 fully saturated rings. The van der Waals surface area contributed by atoms with Gasteiger partial charge in [0, 0.05) is 6.04 Å². The summed E-state index contributed by atoms with van der Waals surface area (Å²) < 4.78 is 5.83. The summed E-state index contributed by atoms with van der Waals surface area (Å²) in [7, 11) is 0. The van der Waals surface area contributed by atoms with E-state index >= 15 is 0 Å². The van der Waals surface area contributed by atoms with Gasteiger partial charge in [0.25, 0.3) is 0 Å². The lowest BCUT2D eigenvalue weighted by Crippen LogP contribution is -2.24. The van der Waals surface area contributed by atoms with Crippen molar-refractivity contribution in [3.8, 4) is 5.75 Å². The normalized spacial score (nSPS) is 18.8. The van der Waals surface area contributed by atoms with E-state index in [1.54, 1.807) is 0 Å². The lowest BCUT2D eigenvalue weighted by molar-refractivity contribution is 0.270. The highest BCUT2D eigenvalue weighted by Gasteiger charge is 2.19. The Kier molecular flexibility index (Phi) is 4.65. The van der Waals surface area contributed by atoms with Crippen molar-refractivity contribution in [2.24, 2.45) is 5.92 Å². The predicted molar refractivity (Wildman–Crippen MR) is 76.1 cm³/mol. The Morgan fingerprint density at radius 1 is 1.39 bits per heavy atom. The largest absolute Gasteiger partial charge is 0.493 e. The molecule has 1 N–H and O–H groups in total. The molecule has 2 nitrogen and oxygen atoms in total. The number of benzene rings is 1. The molecule has 100 valence electrons. The van der Waals surface area contributed by atoms with Gasteiger partial charge in [-0.05, 0) is 55.0 Å². The van der Waals surface area contributed by atoms with E-state index < -0.39 is 0 Å². The van der Waals surface area contributed by atoms with Gasteiger partial charge in [0.1, 0.15) is 5.75 Å². The van der Waals surface area contributed by atoms with Crippen molar-refractivity contribution in [1.82, 2.24) is 5.32 Å². The first-order valence-corrected chi connectivity index (χ1v) is 7.19. The summed E-state index contributed by atoms with van der Waals surface area (Å²) in [5.41, 5.74) is 2.94. The van der Waals surface area contributed by atoms with Gasteiger partial charge in [0.05, 0.1) is 6.61 Å². The minimum absolute atomic E-state index is 0.515. The summed E-state index contributed by atoms with van der Waals surface area (Å²) in [6.07, 6.45) is 3.74. The zero-order valence-corrected chi connectivity index (χ0v) is 11.8. The third kappa shape index (κ3) is 3.26. The van der Waals surface area contributed by atoms with Crippen LogP contribution in [0, 0.1) is 5.92 Å². The van der Waals surface area contributed by atoms with E-state index in [4.69, 9.17) is 4.74 Å². The van der Waals surface area contributed by atoms with Crippen LogP contribution in [0.5, 0.6) is 5.75 Å². The minimum atomic E-state index is 0.515. The lowest BCUT2D eigenvalue weighted by Gasteiger charge is -2.26. The maximum absolute atomic E-state index is 5.83. The van der Waals surface area contributed by atoms with E-state index in [1.165, 1.54) is 30.4 Å². The number of nitrogens with one attached hydrogen (secondary N) is 1. The quantitative estimate of drug-likeness (QED) is 0.856. The van der Waals surface area contributed by atoms with E-state index in [9.17, 15) is 0 Å². The number of rotatable bonds is 5. The maximum Gasteiger partial charge on any atom is 0.119 e. The highest BCUT2D eigenvalue weighted by Crippen LogP contribution is 2.32. The fourth-order valence-electron chi connectivity index (χ4n) is 2.59. The van der Waals surface area contributed by atoms with Crippen LogP contribution in [-0.2, 0) is 6.42 Å². The molecule has 0 saturated heterocycles. The molecule has 18 heavy (non-hydrogen) atoms. The number of ether oxygens (including phenoxy) is 1. The molecular weight excluding hydrogens is 222 g/mol. The minimum Gasteiger partial charge on any atom is -0.493 e. The molecule has 0 aliphatic heterocycles. The SMILES string of the molecule is CCNC1CCCc2ccc(OCC(C)C)cc21. The van der Waals surface area contributed by atoms with E-state index in [1.807, 2.05) is 0 Å². The van der Waals surface area contributed by atoms with E-state index in [0.29, 0.717) is 12.0 Å². The summed E-state index contributed by atoms with van der Waals surface area (Å²) in [6, 6.07) is 7.12. The number of hydrogen-bond donors (Lipinski definition) is 1. The zero-order chi connectivity index (χ0) is 13.0. The third-order valence-electron chi connectivity index (χ3n) is 3.47. The van der Waals surface area contributed by atoms with Gasteiger partial charge < -0.3 is 10.1 Å². The first-order chi connectivity index (χ1) is 8.70. The van der Waals surface area contributed by atoms with Crippen molar-refractivity contribution in [2.75, 3.05) is 13.2 Å². The van der Waals surface area contributed by atoms with E-state index in [-0.39, 0.29) is 0 Å². The molecule has 0 heterocycles. The lowest BCUT2D eigenvalue weighted by atomic mass is 9.87. The van der Waals surface area contributed by atoms with Crippen molar-refractivity contribution < 1.29 is 4.74 Å². The zero-order valence-electron chi connectivity index (χ0n) is 11.8. The second-order valence-electron chi connectivity index (χ2n) is 5.57.